The molecule has 0 spiro atoms. The van der Waals surface area contributed by atoms with Gasteiger partial charge in [0.05, 0.1) is 12.1 Å². The van der Waals surface area contributed by atoms with Gasteiger partial charge in [0.1, 0.15) is 0 Å². The summed E-state index contributed by atoms with van der Waals surface area (Å²) >= 11 is 0. The van der Waals surface area contributed by atoms with Crippen molar-refractivity contribution in [1.29, 1.82) is 0 Å². The number of aromatic nitrogens is 4. The molecule has 0 saturated heterocycles. The second kappa shape index (κ2) is 5.78. The van der Waals surface area contributed by atoms with Gasteiger partial charge >= 0.3 is 0 Å². The first-order valence-corrected chi connectivity index (χ1v) is 7.16. The van der Waals surface area contributed by atoms with E-state index in [1.165, 1.54) is 19.3 Å². The van der Waals surface area contributed by atoms with Gasteiger partial charge in [-0.2, -0.15) is 0 Å². The minimum absolute atomic E-state index is 0.217. The third kappa shape index (κ3) is 2.55. The zero-order valence-corrected chi connectivity index (χ0v) is 11.9. The van der Waals surface area contributed by atoms with Crippen LogP contribution in [-0.2, 0) is 0 Å². The molecule has 102 valence electrons. The van der Waals surface area contributed by atoms with Crippen LogP contribution in [0.1, 0.15) is 64.9 Å². The number of rotatable bonds is 4. The first-order chi connectivity index (χ1) is 8.65. The van der Waals surface area contributed by atoms with E-state index >= 15 is 0 Å². The number of hydrogen-bond acceptors (Lipinski definition) is 4. The normalized spacial score (nSPS) is 30.3. The van der Waals surface area contributed by atoms with Crippen LogP contribution in [0.2, 0.25) is 0 Å². The van der Waals surface area contributed by atoms with Crippen molar-refractivity contribution < 1.29 is 0 Å². The van der Waals surface area contributed by atoms with Gasteiger partial charge in [-0.05, 0) is 42.2 Å². The molecule has 2 rings (SSSR count). The highest BCUT2D eigenvalue weighted by atomic mass is 15.6. The van der Waals surface area contributed by atoms with E-state index < -0.39 is 0 Å². The van der Waals surface area contributed by atoms with Crippen LogP contribution in [-0.4, -0.2) is 26.8 Å². The highest BCUT2D eigenvalue weighted by Crippen LogP contribution is 2.37. The molecule has 1 saturated carbocycles. The Morgan fingerprint density at radius 1 is 1.39 bits per heavy atom. The first kappa shape index (κ1) is 13.5. The third-order valence-electron chi connectivity index (χ3n) is 4.39. The van der Waals surface area contributed by atoms with Gasteiger partial charge in [0.15, 0.2) is 5.82 Å². The lowest BCUT2D eigenvalue weighted by atomic mass is 9.78. The van der Waals surface area contributed by atoms with Crippen molar-refractivity contribution in [2.75, 3.05) is 6.54 Å². The number of tetrazole rings is 1. The van der Waals surface area contributed by atoms with Gasteiger partial charge in [-0.3, -0.25) is 0 Å². The van der Waals surface area contributed by atoms with Crippen molar-refractivity contribution in [3.8, 4) is 0 Å². The van der Waals surface area contributed by atoms with Crippen LogP contribution < -0.4 is 5.32 Å². The van der Waals surface area contributed by atoms with Crippen molar-refractivity contribution in [3.63, 3.8) is 0 Å². The van der Waals surface area contributed by atoms with Crippen LogP contribution in [0.4, 0.5) is 0 Å². The van der Waals surface area contributed by atoms with Crippen LogP contribution in [0.15, 0.2) is 0 Å². The topological polar surface area (TPSA) is 55.6 Å². The molecule has 0 aliphatic heterocycles. The summed E-state index contributed by atoms with van der Waals surface area (Å²) in [6.45, 7) is 9.84. The highest BCUT2D eigenvalue weighted by Gasteiger charge is 2.31. The van der Waals surface area contributed by atoms with Gasteiger partial charge in [0.25, 0.3) is 0 Å². The predicted octanol–water partition coefficient (Wildman–Crippen LogP) is 2.34. The molecule has 0 aromatic carbocycles. The van der Waals surface area contributed by atoms with Crippen LogP contribution in [0.5, 0.6) is 0 Å². The van der Waals surface area contributed by atoms with Crippen molar-refractivity contribution in [2.45, 2.75) is 59.0 Å². The molecule has 1 aromatic rings. The van der Waals surface area contributed by atoms with Crippen molar-refractivity contribution >= 4 is 0 Å². The first-order valence-electron chi connectivity index (χ1n) is 7.16. The predicted molar refractivity (Wildman–Crippen MR) is 71.1 cm³/mol. The zero-order chi connectivity index (χ0) is 13.1. The summed E-state index contributed by atoms with van der Waals surface area (Å²) in [6.07, 6.45) is 3.81. The molecule has 1 N–H and O–H groups in total. The summed E-state index contributed by atoms with van der Waals surface area (Å²) in [7, 11) is 0. The molecular formula is C13H25N5. The Kier molecular flexibility index (Phi) is 4.32. The Bertz CT molecular complexity index is 375. The van der Waals surface area contributed by atoms with Crippen molar-refractivity contribution in [1.82, 2.24) is 25.5 Å². The molecular weight excluding hydrogens is 226 g/mol. The molecule has 4 atom stereocenters. The fourth-order valence-corrected chi connectivity index (χ4v) is 3.02. The number of hydrogen-bond donors (Lipinski definition) is 1. The van der Waals surface area contributed by atoms with E-state index in [0.29, 0.717) is 12.0 Å². The largest absolute Gasteiger partial charge is 0.308 e. The minimum atomic E-state index is 0.217. The second-order valence-corrected chi connectivity index (χ2v) is 5.60. The number of nitrogens with zero attached hydrogens (tertiary/aromatic N) is 4. The Labute approximate surface area is 109 Å². The molecule has 0 radical (unpaired) electrons. The van der Waals surface area contributed by atoms with E-state index in [4.69, 9.17) is 0 Å². The van der Waals surface area contributed by atoms with Gasteiger partial charge < -0.3 is 5.32 Å². The lowest BCUT2D eigenvalue weighted by Crippen LogP contribution is -2.31. The summed E-state index contributed by atoms with van der Waals surface area (Å²) in [5, 5.41) is 15.7. The smallest absolute Gasteiger partial charge is 0.168 e. The Morgan fingerprint density at radius 2 is 2.17 bits per heavy atom. The fourth-order valence-electron chi connectivity index (χ4n) is 3.02. The van der Waals surface area contributed by atoms with E-state index in [-0.39, 0.29) is 6.04 Å². The Hall–Kier alpha value is -0.970. The average Bonchev–Trinajstić information content (AvgIpc) is 2.82. The molecule has 18 heavy (non-hydrogen) atoms. The van der Waals surface area contributed by atoms with Crippen molar-refractivity contribution in [3.05, 3.63) is 5.82 Å². The lowest BCUT2D eigenvalue weighted by Gasteiger charge is -2.34. The average molecular weight is 251 g/mol. The summed E-state index contributed by atoms with van der Waals surface area (Å²) in [6, 6.07) is 0.675. The standard InChI is InChI=1S/C13H25N5/c1-5-14-11(4)13-15-16-17-18(13)12-8-6-7-9(2)10(12)3/h9-12,14H,5-8H2,1-4H3. The maximum atomic E-state index is 4.24. The van der Waals surface area contributed by atoms with Gasteiger partial charge in [-0.1, -0.05) is 33.6 Å². The minimum Gasteiger partial charge on any atom is -0.308 e. The van der Waals surface area contributed by atoms with Gasteiger partial charge in [-0.25, -0.2) is 4.68 Å². The van der Waals surface area contributed by atoms with E-state index in [1.807, 2.05) is 0 Å². The third-order valence-corrected chi connectivity index (χ3v) is 4.39. The van der Waals surface area contributed by atoms with E-state index in [0.717, 1.165) is 18.3 Å². The quantitative estimate of drug-likeness (QED) is 0.892. The zero-order valence-electron chi connectivity index (χ0n) is 11.9. The van der Waals surface area contributed by atoms with Crippen molar-refractivity contribution in [2.24, 2.45) is 11.8 Å². The summed E-state index contributed by atoms with van der Waals surface area (Å²) < 4.78 is 2.06. The highest BCUT2D eigenvalue weighted by molar-refractivity contribution is 4.94. The Balaban J connectivity index is 2.20. The van der Waals surface area contributed by atoms with Crippen LogP contribution in [0.25, 0.3) is 0 Å². The fraction of sp³-hybridized carbons (Fsp3) is 0.923. The summed E-state index contributed by atoms with van der Waals surface area (Å²) in [4.78, 5) is 0. The maximum absolute atomic E-state index is 4.24. The molecule has 1 aromatic heterocycles. The van der Waals surface area contributed by atoms with E-state index in [1.54, 1.807) is 0 Å². The molecule has 4 unspecified atom stereocenters. The molecule has 0 amide bonds. The van der Waals surface area contributed by atoms with Crippen LogP contribution in [0.3, 0.4) is 0 Å². The monoisotopic (exact) mass is 251 g/mol. The molecule has 1 heterocycles. The summed E-state index contributed by atoms with van der Waals surface area (Å²) in [5.74, 6) is 2.38. The molecule has 0 bridgehead atoms. The van der Waals surface area contributed by atoms with E-state index in [9.17, 15) is 0 Å². The SMILES string of the molecule is CCNC(C)c1nnnn1C1CCCC(C)C1C. The second-order valence-electron chi connectivity index (χ2n) is 5.60. The number of nitrogens with one attached hydrogen (secondary N) is 1. The van der Waals surface area contributed by atoms with Crippen LogP contribution >= 0.6 is 0 Å². The lowest BCUT2D eigenvalue weighted by molar-refractivity contribution is 0.167. The molecule has 1 aliphatic rings. The van der Waals surface area contributed by atoms with Gasteiger partial charge in [-0.15, -0.1) is 5.10 Å². The molecule has 5 heteroatoms. The van der Waals surface area contributed by atoms with Gasteiger partial charge in [0, 0.05) is 0 Å². The van der Waals surface area contributed by atoms with Crippen LogP contribution in [0, 0.1) is 11.8 Å². The Morgan fingerprint density at radius 3 is 2.89 bits per heavy atom. The molecule has 5 nitrogen and oxygen atoms in total. The van der Waals surface area contributed by atoms with Gasteiger partial charge in [0.2, 0.25) is 0 Å². The molecule has 1 aliphatic carbocycles. The maximum Gasteiger partial charge on any atom is 0.168 e. The summed E-state index contributed by atoms with van der Waals surface area (Å²) in [5.41, 5.74) is 0. The molecule has 1 fully saturated rings. The van der Waals surface area contributed by atoms with E-state index in [2.05, 4.69) is 53.2 Å².